The maximum Gasteiger partial charge on any atom is 0.251 e. The molecular weight excluding hydrogens is 344 g/mol. The number of benzene rings is 2. The van der Waals surface area contributed by atoms with E-state index in [2.05, 4.69) is 5.32 Å². The smallest absolute Gasteiger partial charge is 0.251 e. The van der Waals surface area contributed by atoms with Gasteiger partial charge in [-0.2, -0.15) is 0 Å². The molecule has 6 heteroatoms. The quantitative estimate of drug-likeness (QED) is 0.561. The van der Waals surface area contributed by atoms with Crippen molar-refractivity contribution in [2.45, 2.75) is 38.1 Å². The van der Waals surface area contributed by atoms with Crippen LogP contribution >= 0.6 is 0 Å². The normalized spacial score (nSPS) is 18.3. The summed E-state index contributed by atoms with van der Waals surface area (Å²) in [5.41, 5.74) is 4.57. The second kappa shape index (κ2) is 7.40. The van der Waals surface area contributed by atoms with Gasteiger partial charge in [0.15, 0.2) is 0 Å². The van der Waals surface area contributed by atoms with Crippen LogP contribution in [0, 0.1) is 5.92 Å². The van der Waals surface area contributed by atoms with Crippen molar-refractivity contribution in [3.63, 3.8) is 0 Å². The highest BCUT2D eigenvalue weighted by molar-refractivity contribution is 5.95. The van der Waals surface area contributed by atoms with Gasteiger partial charge in [0.25, 0.3) is 5.91 Å². The molecule has 27 heavy (non-hydrogen) atoms. The first-order chi connectivity index (χ1) is 13.1. The van der Waals surface area contributed by atoms with Gasteiger partial charge in [-0.1, -0.05) is 12.1 Å². The summed E-state index contributed by atoms with van der Waals surface area (Å²) in [6.45, 7) is 0. The molecule has 2 aromatic rings. The molecule has 6 nitrogen and oxygen atoms in total. The first-order valence-corrected chi connectivity index (χ1v) is 9.27. The van der Waals surface area contributed by atoms with Gasteiger partial charge in [0.2, 0.25) is 5.91 Å². The van der Waals surface area contributed by atoms with E-state index in [0.29, 0.717) is 29.5 Å². The summed E-state index contributed by atoms with van der Waals surface area (Å²) < 4.78 is 5.95. The summed E-state index contributed by atoms with van der Waals surface area (Å²) >= 11 is 0. The van der Waals surface area contributed by atoms with E-state index in [1.54, 1.807) is 23.7 Å². The van der Waals surface area contributed by atoms with Crippen LogP contribution in [0.15, 0.2) is 42.5 Å². The lowest BCUT2D eigenvalue weighted by atomic mass is 9.83. The van der Waals surface area contributed by atoms with Gasteiger partial charge in [-0.25, -0.2) is 5.48 Å². The zero-order valence-corrected chi connectivity index (χ0v) is 14.9. The van der Waals surface area contributed by atoms with Crippen molar-refractivity contribution in [3.05, 3.63) is 59.2 Å². The average molecular weight is 366 g/mol. The third-order valence-corrected chi connectivity index (χ3v) is 5.13. The van der Waals surface area contributed by atoms with Gasteiger partial charge in [-0.15, -0.1) is 0 Å². The molecule has 0 heterocycles. The zero-order valence-electron chi connectivity index (χ0n) is 14.9. The number of aryl methyl sites for hydroxylation is 1. The van der Waals surface area contributed by atoms with Crippen LogP contribution < -0.4 is 15.5 Å². The number of carbonyl (C=O) groups is 2. The fraction of sp³-hybridized carbons (Fsp3) is 0.333. The Morgan fingerprint density at radius 3 is 2.59 bits per heavy atom. The molecule has 2 amide bonds. The Morgan fingerprint density at radius 2 is 1.81 bits per heavy atom. The standard InChI is InChI=1S/C21H22N2O4/c24-20(22-17-7-8-17)14-2-1-3-18(11-14)27-19-9-6-13-4-5-15(21(25)23-26)10-16(13)12-19/h1-3,6,9,11-12,15,17,26H,4-5,7-8,10H2,(H,22,24)(H,23,25). The fourth-order valence-electron chi connectivity index (χ4n) is 3.45. The molecule has 3 N–H and O–H groups in total. The van der Waals surface area contributed by atoms with E-state index in [0.717, 1.165) is 31.2 Å². The lowest BCUT2D eigenvalue weighted by Crippen LogP contribution is -2.31. The van der Waals surface area contributed by atoms with E-state index < -0.39 is 0 Å². The Bertz CT molecular complexity index is 876. The van der Waals surface area contributed by atoms with E-state index >= 15 is 0 Å². The molecule has 140 valence electrons. The molecule has 0 aromatic heterocycles. The van der Waals surface area contributed by atoms with Gasteiger partial charge in [0.1, 0.15) is 11.5 Å². The summed E-state index contributed by atoms with van der Waals surface area (Å²) in [6.07, 6.45) is 4.18. The molecule has 0 spiro atoms. The lowest BCUT2D eigenvalue weighted by Gasteiger charge is -2.23. The Labute approximate surface area is 157 Å². The van der Waals surface area contributed by atoms with E-state index in [4.69, 9.17) is 9.94 Å². The average Bonchev–Trinajstić information content (AvgIpc) is 3.51. The minimum absolute atomic E-state index is 0.0775. The van der Waals surface area contributed by atoms with Crippen LogP contribution in [0.5, 0.6) is 11.5 Å². The molecule has 4 rings (SSSR count). The second-order valence-corrected chi connectivity index (χ2v) is 7.22. The van der Waals surface area contributed by atoms with Gasteiger partial charge < -0.3 is 10.1 Å². The molecule has 1 saturated carbocycles. The van der Waals surface area contributed by atoms with Crippen molar-refractivity contribution in [1.29, 1.82) is 0 Å². The molecule has 0 bridgehead atoms. The van der Waals surface area contributed by atoms with Crippen LogP contribution in [0.1, 0.15) is 40.7 Å². The lowest BCUT2D eigenvalue weighted by molar-refractivity contribution is -0.133. The van der Waals surface area contributed by atoms with E-state index in [-0.39, 0.29) is 17.7 Å². The number of nitrogens with one attached hydrogen (secondary N) is 2. The number of hydrogen-bond acceptors (Lipinski definition) is 4. The zero-order chi connectivity index (χ0) is 18.8. The second-order valence-electron chi connectivity index (χ2n) is 7.22. The third kappa shape index (κ3) is 4.11. The van der Waals surface area contributed by atoms with E-state index in [1.807, 2.05) is 24.3 Å². The Hall–Kier alpha value is -2.86. The van der Waals surface area contributed by atoms with Gasteiger partial charge >= 0.3 is 0 Å². The summed E-state index contributed by atoms with van der Waals surface area (Å²) in [4.78, 5) is 23.9. The monoisotopic (exact) mass is 366 g/mol. The molecule has 1 unspecified atom stereocenters. The first kappa shape index (κ1) is 17.5. The maximum absolute atomic E-state index is 12.2. The highest BCUT2D eigenvalue weighted by atomic mass is 16.5. The predicted molar refractivity (Wildman–Crippen MR) is 98.9 cm³/mol. The number of hydrogen-bond donors (Lipinski definition) is 3. The highest BCUT2D eigenvalue weighted by Gasteiger charge is 2.25. The van der Waals surface area contributed by atoms with Crippen LogP contribution in [-0.4, -0.2) is 23.1 Å². The molecular formula is C21H22N2O4. The largest absolute Gasteiger partial charge is 0.457 e. The van der Waals surface area contributed by atoms with Gasteiger partial charge in [0.05, 0.1) is 0 Å². The van der Waals surface area contributed by atoms with Crippen LogP contribution in [0.4, 0.5) is 0 Å². The van der Waals surface area contributed by atoms with Crippen molar-refractivity contribution in [2.75, 3.05) is 0 Å². The predicted octanol–water partition coefficient (Wildman–Crippen LogP) is 2.98. The van der Waals surface area contributed by atoms with Crippen LogP contribution in [-0.2, 0) is 17.6 Å². The number of rotatable bonds is 5. The van der Waals surface area contributed by atoms with Crippen LogP contribution in [0.2, 0.25) is 0 Å². The summed E-state index contributed by atoms with van der Waals surface area (Å²) in [6, 6.07) is 13.3. The summed E-state index contributed by atoms with van der Waals surface area (Å²) in [5.74, 6) is 0.609. The molecule has 1 atom stereocenters. The Balaban J connectivity index is 1.48. The SMILES string of the molecule is O=C(NC1CC1)c1cccc(Oc2ccc3c(c2)CC(C(=O)NO)CC3)c1. The minimum atomic E-state index is -0.346. The number of carbonyl (C=O) groups excluding carboxylic acids is 2. The maximum atomic E-state index is 12.2. The molecule has 0 radical (unpaired) electrons. The molecule has 2 aromatic carbocycles. The van der Waals surface area contributed by atoms with Crippen LogP contribution in [0.25, 0.3) is 0 Å². The molecule has 1 fully saturated rings. The Morgan fingerprint density at radius 1 is 1.00 bits per heavy atom. The summed E-state index contributed by atoms with van der Waals surface area (Å²) in [5, 5.41) is 11.8. The van der Waals surface area contributed by atoms with Crippen molar-refractivity contribution < 1.29 is 19.5 Å². The molecule has 2 aliphatic carbocycles. The molecule has 0 saturated heterocycles. The number of hydroxylamine groups is 1. The fourth-order valence-corrected chi connectivity index (χ4v) is 3.45. The van der Waals surface area contributed by atoms with Crippen LogP contribution in [0.3, 0.4) is 0 Å². The number of fused-ring (bicyclic) bond motifs is 1. The number of amides is 2. The Kier molecular flexibility index (Phi) is 4.81. The first-order valence-electron chi connectivity index (χ1n) is 9.27. The van der Waals surface area contributed by atoms with Gasteiger partial charge in [-0.3, -0.25) is 14.8 Å². The van der Waals surface area contributed by atoms with E-state index in [9.17, 15) is 9.59 Å². The van der Waals surface area contributed by atoms with Gasteiger partial charge in [-0.05, 0) is 73.6 Å². The number of ether oxygens (including phenoxy) is 1. The topological polar surface area (TPSA) is 87.7 Å². The minimum Gasteiger partial charge on any atom is -0.457 e. The molecule has 2 aliphatic rings. The van der Waals surface area contributed by atoms with E-state index in [1.165, 1.54) is 5.56 Å². The van der Waals surface area contributed by atoms with Crippen molar-refractivity contribution >= 4 is 11.8 Å². The third-order valence-electron chi connectivity index (χ3n) is 5.13. The highest BCUT2D eigenvalue weighted by Crippen LogP contribution is 2.31. The van der Waals surface area contributed by atoms with Crippen molar-refractivity contribution in [1.82, 2.24) is 10.8 Å². The van der Waals surface area contributed by atoms with Gasteiger partial charge in [0, 0.05) is 17.5 Å². The summed E-state index contributed by atoms with van der Waals surface area (Å²) in [7, 11) is 0. The van der Waals surface area contributed by atoms with Crippen molar-refractivity contribution in [3.8, 4) is 11.5 Å². The molecule has 0 aliphatic heterocycles. The van der Waals surface area contributed by atoms with Crippen molar-refractivity contribution in [2.24, 2.45) is 5.92 Å².